The number of aliphatic hydroxyl groups is 1. The van der Waals surface area contributed by atoms with E-state index in [9.17, 15) is 5.11 Å². The van der Waals surface area contributed by atoms with Crippen LogP contribution in [0.15, 0.2) is 22.8 Å². The molecule has 156 valence electrons. The maximum atomic E-state index is 10.3. The van der Waals surface area contributed by atoms with E-state index in [0.717, 1.165) is 36.5 Å². The molecule has 1 saturated heterocycles. The fraction of sp³-hybridized carbons (Fsp3) is 0.846. The van der Waals surface area contributed by atoms with Crippen LogP contribution < -0.4 is 5.32 Å². The molecule has 2 saturated carbocycles. The molecule has 0 aromatic carbocycles. The van der Waals surface area contributed by atoms with Crippen LogP contribution in [0.3, 0.4) is 0 Å². The van der Waals surface area contributed by atoms with Gasteiger partial charge in [0.25, 0.3) is 0 Å². The summed E-state index contributed by atoms with van der Waals surface area (Å²) in [6, 6.07) is 0. The quantitative estimate of drug-likeness (QED) is 0.588. The van der Waals surface area contributed by atoms with Gasteiger partial charge < -0.3 is 10.4 Å². The predicted octanol–water partition coefficient (Wildman–Crippen LogP) is 5.48. The van der Waals surface area contributed by atoms with Crippen LogP contribution in [0, 0.1) is 40.4 Å². The minimum atomic E-state index is -0.0993. The lowest BCUT2D eigenvalue weighted by atomic mass is 9.45. The molecule has 0 aromatic heterocycles. The van der Waals surface area contributed by atoms with Gasteiger partial charge in [0.2, 0.25) is 0 Å². The van der Waals surface area contributed by atoms with Gasteiger partial charge in [-0.15, -0.1) is 0 Å². The van der Waals surface area contributed by atoms with E-state index in [1.54, 1.807) is 11.1 Å². The summed E-state index contributed by atoms with van der Waals surface area (Å²) < 4.78 is 0. The zero-order chi connectivity index (χ0) is 19.7. The third kappa shape index (κ3) is 2.66. The van der Waals surface area contributed by atoms with Crippen LogP contribution in [-0.2, 0) is 0 Å². The second-order valence-corrected chi connectivity index (χ2v) is 11.6. The summed E-state index contributed by atoms with van der Waals surface area (Å²) in [7, 11) is 0. The molecule has 0 aromatic rings. The van der Waals surface area contributed by atoms with Crippen molar-refractivity contribution in [1.29, 1.82) is 0 Å². The molecule has 28 heavy (non-hydrogen) atoms. The Labute approximate surface area is 172 Å². The molecule has 0 amide bonds. The number of hydrogen-bond donors (Lipinski definition) is 2. The zero-order valence-electron chi connectivity index (χ0n) is 18.6. The number of aliphatic hydroxyl groups excluding tert-OH is 1. The van der Waals surface area contributed by atoms with E-state index in [-0.39, 0.29) is 6.10 Å². The van der Waals surface area contributed by atoms with Gasteiger partial charge in [-0.25, -0.2) is 0 Å². The second kappa shape index (κ2) is 6.71. The largest absolute Gasteiger partial charge is 0.393 e. The highest BCUT2D eigenvalue weighted by molar-refractivity contribution is 5.36. The Morgan fingerprint density at radius 2 is 1.82 bits per heavy atom. The number of allylic oxidation sites excluding steroid dienone is 2. The molecule has 3 unspecified atom stereocenters. The summed E-state index contributed by atoms with van der Waals surface area (Å²) in [6.45, 7) is 12.6. The molecule has 2 nitrogen and oxygen atoms in total. The zero-order valence-corrected chi connectivity index (χ0v) is 18.6. The van der Waals surface area contributed by atoms with Crippen molar-refractivity contribution in [3.05, 3.63) is 22.8 Å². The van der Waals surface area contributed by atoms with Crippen LogP contribution in [0.1, 0.15) is 79.1 Å². The molecule has 8 atom stereocenters. The molecular formula is C26H41NO. The van der Waals surface area contributed by atoms with Gasteiger partial charge >= 0.3 is 0 Å². The predicted molar refractivity (Wildman–Crippen MR) is 116 cm³/mol. The van der Waals surface area contributed by atoms with E-state index >= 15 is 0 Å². The van der Waals surface area contributed by atoms with E-state index < -0.39 is 0 Å². The molecule has 0 bridgehead atoms. The first kappa shape index (κ1) is 19.4. The lowest BCUT2D eigenvalue weighted by Crippen LogP contribution is -2.53. The standard InChI is InChI=1S/C26H41NO/c1-16-12-19-14-20(28)7-9-25(19,3)21-8-10-26(4)22(23(16)21)13-17(2)24(26)18-6-5-11-27-15-18/h12,16,18,20-23,27-28H,5-11,13-15H2,1-4H3/t16?,18?,20?,21-,22-,23+,25-,26-/m0/s1. The Balaban J connectivity index is 1.49. The van der Waals surface area contributed by atoms with Crippen LogP contribution in [0.2, 0.25) is 0 Å². The Morgan fingerprint density at radius 3 is 2.57 bits per heavy atom. The van der Waals surface area contributed by atoms with Crippen LogP contribution in [0.5, 0.6) is 0 Å². The van der Waals surface area contributed by atoms with Crippen molar-refractivity contribution in [2.45, 2.75) is 85.2 Å². The van der Waals surface area contributed by atoms with Gasteiger partial charge in [0.1, 0.15) is 0 Å². The van der Waals surface area contributed by atoms with Crippen molar-refractivity contribution in [3.63, 3.8) is 0 Å². The topological polar surface area (TPSA) is 32.3 Å². The first-order chi connectivity index (χ1) is 13.3. The van der Waals surface area contributed by atoms with E-state index in [4.69, 9.17) is 0 Å². The van der Waals surface area contributed by atoms with Gasteiger partial charge in [-0.05, 0) is 105 Å². The summed E-state index contributed by atoms with van der Waals surface area (Å²) >= 11 is 0. The fourth-order valence-electron chi connectivity index (χ4n) is 8.88. The Hall–Kier alpha value is -0.600. The molecule has 3 fully saturated rings. The average Bonchev–Trinajstić information content (AvgIpc) is 2.94. The molecule has 5 rings (SSSR count). The highest BCUT2D eigenvalue weighted by Crippen LogP contribution is 2.68. The van der Waals surface area contributed by atoms with E-state index in [1.807, 2.05) is 5.57 Å². The second-order valence-electron chi connectivity index (χ2n) is 11.6. The summed E-state index contributed by atoms with van der Waals surface area (Å²) in [5.41, 5.74) is 5.99. The third-order valence-electron chi connectivity index (χ3n) is 10.1. The van der Waals surface area contributed by atoms with Gasteiger partial charge in [0.05, 0.1) is 6.10 Å². The van der Waals surface area contributed by atoms with Crippen molar-refractivity contribution in [1.82, 2.24) is 5.32 Å². The summed E-state index contributed by atoms with van der Waals surface area (Å²) in [4.78, 5) is 0. The molecule has 4 aliphatic carbocycles. The highest BCUT2D eigenvalue weighted by Gasteiger charge is 2.59. The van der Waals surface area contributed by atoms with Crippen molar-refractivity contribution < 1.29 is 5.11 Å². The van der Waals surface area contributed by atoms with E-state index in [2.05, 4.69) is 39.1 Å². The van der Waals surface area contributed by atoms with Crippen LogP contribution in [0.4, 0.5) is 0 Å². The van der Waals surface area contributed by atoms with Gasteiger partial charge in [0.15, 0.2) is 0 Å². The summed E-state index contributed by atoms with van der Waals surface area (Å²) in [5.74, 6) is 3.93. The fourth-order valence-corrected chi connectivity index (χ4v) is 8.88. The van der Waals surface area contributed by atoms with E-state index in [1.165, 1.54) is 51.6 Å². The molecule has 1 heterocycles. The number of hydrogen-bond acceptors (Lipinski definition) is 2. The van der Waals surface area contributed by atoms with Crippen molar-refractivity contribution in [2.75, 3.05) is 13.1 Å². The Kier molecular flexibility index (Phi) is 4.64. The molecule has 1 aliphatic heterocycles. The van der Waals surface area contributed by atoms with Crippen LogP contribution >= 0.6 is 0 Å². The lowest BCUT2D eigenvalue weighted by Gasteiger charge is -2.60. The summed E-state index contributed by atoms with van der Waals surface area (Å²) in [5, 5.41) is 14.0. The highest BCUT2D eigenvalue weighted by atomic mass is 16.3. The number of rotatable bonds is 1. The number of piperidine rings is 1. The van der Waals surface area contributed by atoms with E-state index in [0.29, 0.717) is 16.7 Å². The number of fused-ring (bicyclic) bond motifs is 5. The minimum absolute atomic E-state index is 0.0993. The normalized spacial score (nSPS) is 51.2. The Morgan fingerprint density at radius 1 is 1.04 bits per heavy atom. The van der Waals surface area contributed by atoms with Gasteiger partial charge in [-0.1, -0.05) is 43.6 Å². The molecule has 0 spiro atoms. The first-order valence-corrected chi connectivity index (χ1v) is 12.1. The maximum absolute atomic E-state index is 10.3. The minimum Gasteiger partial charge on any atom is -0.393 e. The molecule has 2 N–H and O–H groups in total. The molecular weight excluding hydrogens is 342 g/mol. The maximum Gasteiger partial charge on any atom is 0.0577 e. The van der Waals surface area contributed by atoms with Crippen LogP contribution in [-0.4, -0.2) is 24.3 Å². The third-order valence-corrected chi connectivity index (χ3v) is 10.1. The van der Waals surface area contributed by atoms with Crippen molar-refractivity contribution >= 4 is 0 Å². The van der Waals surface area contributed by atoms with Gasteiger partial charge in [-0.2, -0.15) is 0 Å². The smallest absolute Gasteiger partial charge is 0.0577 e. The SMILES string of the molecule is CC1=C(C2CCCNC2)[C@@]2(C)CC[C@H]3[C@@H](C(C)C=C4CC(O)CC[C@@]43C)[C@@H]2C1. The van der Waals surface area contributed by atoms with Crippen molar-refractivity contribution in [3.8, 4) is 0 Å². The summed E-state index contributed by atoms with van der Waals surface area (Å²) in [6.07, 6.45) is 12.5. The molecule has 5 aliphatic rings. The lowest BCUT2D eigenvalue weighted by molar-refractivity contribution is -0.0504. The molecule has 0 radical (unpaired) electrons. The average molecular weight is 384 g/mol. The van der Waals surface area contributed by atoms with Crippen molar-refractivity contribution in [2.24, 2.45) is 40.4 Å². The van der Waals surface area contributed by atoms with Gasteiger partial charge in [-0.3, -0.25) is 0 Å². The number of nitrogens with one attached hydrogen (secondary N) is 1. The molecule has 2 heteroatoms. The first-order valence-electron chi connectivity index (χ1n) is 12.1. The Bertz CT molecular complexity index is 701. The van der Waals surface area contributed by atoms with Crippen LogP contribution in [0.25, 0.3) is 0 Å². The van der Waals surface area contributed by atoms with Gasteiger partial charge in [0, 0.05) is 6.54 Å². The monoisotopic (exact) mass is 383 g/mol.